The number of carbonyl (C=O) groups excluding carboxylic acids is 1. The minimum Gasteiger partial charge on any atom is -0.457 e. The highest BCUT2D eigenvalue weighted by Crippen LogP contribution is 2.39. The van der Waals surface area contributed by atoms with Crippen molar-refractivity contribution >= 4 is 11.6 Å². The second-order valence-corrected chi connectivity index (χ2v) is 6.77. The van der Waals surface area contributed by atoms with E-state index >= 15 is 0 Å². The fourth-order valence-corrected chi connectivity index (χ4v) is 2.73. The molecule has 0 unspecified atom stereocenters. The van der Waals surface area contributed by atoms with Crippen molar-refractivity contribution in [1.29, 1.82) is 0 Å². The molecule has 3 rings (SSSR count). The van der Waals surface area contributed by atoms with Gasteiger partial charge in [-0.25, -0.2) is 22.0 Å². The Kier molecular flexibility index (Phi) is 6.68. The molecule has 0 bridgehead atoms. The number of nitrogens with one attached hydrogen (secondary N) is 1. The summed E-state index contributed by atoms with van der Waals surface area (Å²) in [5, 5.41) is 1.84. The molecule has 0 spiro atoms. The quantitative estimate of drug-likeness (QED) is 0.223. The van der Waals surface area contributed by atoms with Crippen molar-refractivity contribution < 1.29 is 57.8 Å². The number of amides is 1. The number of rotatable bonds is 4. The third-order valence-corrected chi connectivity index (χ3v) is 4.35. The van der Waals surface area contributed by atoms with Crippen LogP contribution in [-0.2, 0) is 12.4 Å². The highest BCUT2D eigenvalue weighted by molar-refractivity contribution is 6.04. The molecule has 0 aliphatic heterocycles. The van der Waals surface area contributed by atoms with Gasteiger partial charge >= 0.3 is 12.4 Å². The summed E-state index contributed by atoms with van der Waals surface area (Å²) >= 11 is 0. The standard InChI is InChI=1S/C21H8F11NO2/c22-14-13(15(23)17(25)18(26)16(14)24)19(34)33-10-1-3-11(4-2-10)35-12-6-8(20(27,28)29)5-9(7-12)21(30,31)32/h1-7H,(H,33,34). The van der Waals surface area contributed by atoms with Gasteiger partial charge in [-0.2, -0.15) is 26.3 Å². The zero-order valence-electron chi connectivity index (χ0n) is 16.5. The van der Waals surface area contributed by atoms with E-state index in [4.69, 9.17) is 4.74 Å². The first-order chi connectivity index (χ1) is 16.1. The topological polar surface area (TPSA) is 38.3 Å². The van der Waals surface area contributed by atoms with E-state index in [0.29, 0.717) is 12.1 Å². The van der Waals surface area contributed by atoms with E-state index in [9.17, 15) is 53.1 Å². The van der Waals surface area contributed by atoms with E-state index < -0.39 is 69.8 Å². The maximum Gasteiger partial charge on any atom is 0.416 e. The zero-order chi connectivity index (χ0) is 26.3. The number of hydrogen-bond acceptors (Lipinski definition) is 2. The Morgan fingerprint density at radius 1 is 0.629 bits per heavy atom. The molecule has 3 aromatic rings. The number of halogens is 11. The van der Waals surface area contributed by atoms with Crippen LogP contribution in [0.15, 0.2) is 42.5 Å². The highest BCUT2D eigenvalue weighted by atomic mass is 19.4. The monoisotopic (exact) mass is 515 g/mol. The number of ether oxygens (including phenoxy) is 1. The van der Waals surface area contributed by atoms with Gasteiger partial charge in [0, 0.05) is 5.69 Å². The second-order valence-electron chi connectivity index (χ2n) is 6.77. The van der Waals surface area contributed by atoms with E-state index in [1.54, 1.807) is 0 Å². The van der Waals surface area contributed by atoms with Gasteiger partial charge in [0.05, 0.1) is 11.1 Å². The lowest BCUT2D eigenvalue weighted by Crippen LogP contribution is -2.19. The largest absolute Gasteiger partial charge is 0.457 e. The molecule has 186 valence electrons. The van der Waals surface area contributed by atoms with Gasteiger partial charge in [0.1, 0.15) is 17.1 Å². The number of anilines is 1. The molecule has 0 aliphatic rings. The molecule has 1 amide bonds. The van der Waals surface area contributed by atoms with Gasteiger partial charge in [0.2, 0.25) is 5.82 Å². The molecule has 0 saturated heterocycles. The van der Waals surface area contributed by atoms with Crippen molar-refractivity contribution in [1.82, 2.24) is 0 Å². The van der Waals surface area contributed by atoms with Crippen molar-refractivity contribution in [2.24, 2.45) is 0 Å². The van der Waals surface area contributed by atoms with Gasteiger partial charge < -0.3 is 10.1 Å². The second kappa shape index (κ2) is 9.07. The lowest BCUT2D eigenvalue weighted by Gasteiger charge is -2.15. The molecule has 35 heavy (non-hydrogen) atoms. The zero-order valence-corrected chi connectivity index (χ0v) is 16.5. The van der Waals surface area contributed by atoms with Crippen molar-refractivity contribution in [3.8, 4) is 11.5 Å². The van der Waals surface area contributed by atoms with Gasteiger partial charge in [-0.3, -0.25) is 4.79 Å². The lowest BCUT2D eigenvalue weighted by atomic mass is 10.1. The number of hydrogen-bond donors (Lipinski definition) is 1. The minimum absolute atomic E-state index is 0.106. The van der Waals surface area contributed by atoms with E-state index in [1.807, 2.05) is 5.32 Å². The first-order valence-corrected chi connectivity index (χ1v) is 8.99. The van der Waals surface area contributed by atoms with Crippen LogP contribution in [0.4, 0.5) is 54.0 Å². The van der Waals surface area contributed by atoms with Gasteiger partial charge in [-0.15, -0.1) is 0 Å². The van der Waals surface area contributed by atoms with Crippen LogP contribution in [0.2, 0.25) is 0 Å². The van der Waals surface area contributed by atoms with Crippen molar-refractivity contribution in [3.05, 3.63) is 88.2 Å². The summed E-state index contributed by atoms with van der Waals surface area (Å²) in [5.41, 5.74) is -5.32. The molecule has 3 nitrogen and oxygen atoms in total. The van der Waals surface area contributed by atoms with Crippen molar-refractivity contribution in [3.63, 3.8) is 0 Å². The Hall–Kier alpha value is -3.84. The summed E-state index contributed by atoms with van der Waals surface area (Å²) in [6.45, 7) is 0. The van der Waals surface area contributed by atoms with Crippen molar-refractivity contribution in [2.75, 3.05) is 5.32 Å². The van der Waals surface area contributed by atoms with Crippen LogP contribution >= 0.6 is 0 Å². The van der Waals surface area contributed by atoms with Crippen LogP contribution < -0.4 is 10.1 Å². The Morgan fingerprint density at radius 3 is 1.49 bits per heavy atom. The van der Waals surface area contributed by atoms with Gasteiger partial charge in [-0.05, 0) is 42.5 Å². The lowest BCUT2D eigenvalue weighted by molar-refractivity contribution is -0.143. The third-order valence-electron chi connectivity index (χ3n) is 4.35. The maximum atomic E-state index is 13.7. The van der Waals surface area contributed by atoms with E-state index in [-0.39, 0.29) is 17.5 Å². The Morgan fingerprint density at radius 2 is 1.06 bits per heavy atom. The average molecular weight is 515 g/mol. The predicted octanol–water partition coefficient (Wildman–Crippen LogP) is 7.46. The SMILES string of the molecule is O=C(Nc1ccc(Oc2cc(C(F)(F)F)cc(C(F)(F)F)c2)cc1)c1c(F)c(F)c(F)c(F)c1F. The summed E-state index contributed by atoms with van der Waals surface area (Å²) in [5.74, 6) is -14.8. The summed E-state index contributed by atoms with van der Waals surface area (Å²) < 4.78 is 150. The molecular weight excluding hydrogens is 507 g/mol. The molecule has 14 heteroatoms. The number of alkyl halides is 6. The first-order valence-electron chi connectivity index (χ1n) is 8.99. The molecule has 0 aromatic heterocycles. The predicted molar refractivity (Wildman–Crippen MR) is 97.1 cm³/mol. The number of benzene rings is 3. The van der Waals surface area contributed by atoms with Crippen LogP contribution in [0.3, 0.4) is 0 Å². The molecule has 3 aromatic carbocycles. The third kappa shape index (κ3) is 5.46. The Labute approximate surface area is 187 Å². The van der Waals surface area contributed by atoms with Crippen LogP contribution in [0.25, 0.3) is 0 Å². The molecule has 0 fully saturated rings. The minimum atomic E-state index is -5.11. The molecule has 1 N–H and O–H groups in total. The van der Waals surface area contributed by atoms with Crippen LogP contribution in [-0.4, -0.2) is 5.91 Å². The molecule has 0 radical (unpaired) electrons. The summed E-state index contributed by atoms with van der Waals surface area (Å²) in [6, 6.07) is 4.30. The van der Waals surface area contributed by atoms with Crippen molar-refractivity contribution in [2.45, 2.75) is 12.4 Å². The van der Waals surface area contributed by atoms with Gasteiger partial charge in [0.15, 0.2) is 23.3 Å². The fraction of sp³-hybridized carbons (Fsp3) is 0.0952. The Bertz CT molecular complexity index is 1220. The smallest absolute Gasteiger partial charge is 0.416 e. The molecule has 0 saturated carbocycles. The molecule has 0 atom stereocenters. The maximum absolute atomic E-state index is 13.7. The normalized spacial score (nSPS) is 12.0. The average Bonchev–Trinajstić information content (AvgIpc) is 2.76. The number of carbonyl (C=O) groups is 1. The summed E-state index contributed by atoms with van der Waals surface area (Å²) in [7, 11) is 0. The van der Waals surface area contributed by atoms with Gasteiger partial charge in [0.25, 0.3) is 5.91 Å². The van der Waals surface area contributed by atoms with Crippen LogP contribution in [0.1, 0.15) is 21.5 Å². The first kappa shape index (κ1) is 25.8. The summed E-state index contributed by atoms with van der Waals surface area (Å²) in [4.78, 5) is 12.0. The fourth-order valence-electron chi connectivity index (χ4n) is 2.73. The van der Waals surface area contributed by atoms with E-state index in [1.165, 1.54) is 0 Å². The van der Waals surface area contributed by atoms with E-state index in [0.717, 1.165) is 24.3 Å². The highest BCUT2D eigenvalue weighted by Gasteiger charge is 2.37. The Balaban J connectivity index is 1.84. The van der Waals surface area contributed by atoms with Crippen LogP contribution in [0.5, 0.6) is 11.5 Å². The van der Waals surface area contributed by atoms with E-state index in [2.05, 4.69) is 0 Å². The summed E-state index contributed by atoms with van der Waals surface area (Å²) in [6.07, 6.45) is -10.2. The molecular formula is C21H8F11NO2. The van der Waals surface area contributed by atoms with Gasteiger partial charge in [-0.1, -0.05) is 0 Å². The molecule has 0 aliphatic carbocycles. The van der Waals surface area contributed by atoms with Crippen LogP contribution in [0, 0.1) is 29.1 Å². The molecule has 0 heterocycles.